The van der Waals surface area contributed by atoms with Gasteiger partial charge in [0, 0.05) is 13.0 Å². The average molecular weight is 456 g/mol. The fraction of sp³-hybridized carbons (Fsp3) is 0.250. The van der Waals surface area contributed by atoms with Crippen molar-refractivity contribution in [2.75, 3.05) is 26.4 Å². The normalized spacial score (nSPS) is 14.7. The van der Waals surface area contributed by atoms with Crippen LogP contribution in [0, 0.1) is 0 Å². The van der Waals surface area contributed by atoms with Crippen LogP contribution in [-0.2, 0) is 4.79 Å². The number of amides is 1. The van der Waals surface area contributed by atoms with E-state index in [1.54, 1.807) is 6.08 Å². The summed E-state index contributed by atoms with van der Waals surface area (Å²) in [4.78, 5) is 14.7. The van der Waals surface area contributed by atoms with Crippen LogP contribution in [0.1, 0.15) is 18.9 Å². The number of thioether (sulfide) groups is 1. The zero-order chi connectivity index (χ0) is 22.1. The third-order valence-corrected chi connectivity index (χ3v) is 5.69. The molecule has 162 valence electrons. The lowest BCUT2D eigenvalue weighted by Gasteiger charge is -2.13. The molecule has 1 heterocycles. The van der Waals surface area contributed by atoms with Crippen LogP contribution in [0.4, 0.5) is 0 Å². The van der Waals surface area contributed by atoms with Gasteiger partial charge in [-0.05, 0) is 42.8 Å². The Kier molecular flexibility index (Phi) is 8.55. The predicted octanol–water partition coefficient (Wildman–Crippen LogP) is 5.32. The Labute approximate surface area is 192 Å². The van der Waals surface area contributed by atoms with E-state index in [2.05, 4.69) is 6.58 Å². The molecule has 1 aliphatic heterocycles. The Balaban J connectivity index is 1.61. The van der Waals surface area contributed by atoms with E-state index in [9.17, 15) is 4.79 Å². The van der Waals surface area contributed by atoms with Crippen molar-refractivity contribution in [3.63, 3.8) is 0 Å². The molecule has 5 nitrogen and oxygen atoms in total. The fourth-order valence-electron chi connectivity index (χ4n) is 2.89. The van der Waals surface area contributed by atoms with Crippen LogP contribution in [0.25, 0.3) is 6.08 Å². The number of nitrogens with zero attached hydrogens (tertiary/aromatic N) is 1. The molecule has 7 heteroatoms. The van der Waals surface area contributed by atoms with Crippen molar-refractivity contribution in [1.29, 1.82) is 0 Å². The fourth-order valence-corrected chi connectivity index (χ4v) is 4.16. The van der Waals surface area contributed by atoms with Crippen LogP contribution in [-0.4, -0.2) is 41.5 Å². The highest BCUT2D eigenvalue weighted by Gasteiger charge is 2.31. The summed E-state index contributed by atoms with van der Waals surface area (Å²) in [6, 6.07) is 15.3. The third kappa shape index (κ3) is 6.35. The number of carbonyl (C=O) groups excluding carboxylic acids is 1. The van der Waals surface area contributed by atoms with Gasteiger partial charge in [0.2, 0.25) is 0 Å². The SMILES string of the molecule is C=CCN1C(=O)/C(=C\c2ccc(OCCCOc3ccccc3)c(OCC)c2)SC1=S. The minimum atomic E-state index is -0.105. The van der Waals surface area contributed by atoms with E-state index in [1.807, 2.05) is 61.5 Å². The number of hydrogen-bond acceptors (Lipinski definition) is 6. The molecule has 0 aromatic heterocycles. The van der Waals surface area contributed by atoms with Gasteiger partial charge in [-0.3, -0.25) is 9.69 Å². The summed E-state index contributed by atoms with van der Waals surface area (Å²) in [5.41, 5.74) is 0.849. The summed E-state index contributed by atoms with van der Waals surface area (Å²) < 4.78 is 17.9. The van der Waals surface area contributed by atoms with Crippen LogP contribution in [0.15, 0.2) is 66.1 Å². The second kappa shape index (κ2) is 11.6. The lowest BCUT2D eigenvalue weighted by Crippen LogP contribution is -2.27. The summed E-state index contributed by atoms with van der Waals surface area (Å²) in [7, 11) is 0. The molecule has 1 fully saturated rings. The van der Waals surface area contributed by atoms with Crippen LogP contribution < -0.4 is 14.2 Å². The van der Waals surface area contributed by atoms with Crippen molar-refractivity contribution >= 4 is 40.3 Å². The summed E-state index contributed by atoms with van der Waals surface area (Å²) in [5.74, 6) is 2.05. The molecule has 0 radical (unpaired) electrons. The minimum Gasteiger partial charge on any atom is -0.493 e. The predicted molar refractivity (Wildman–Crippen MR) is 130 cm³/mol. The van der Waals surface area contributed by atoms with Crippen LogP contribution in [0.5, 0.6) is 17.2 Å². The van der Waals surface area contributed by atoms with Crippen molar-refractivity contribution in [3.8, 4) is 17.2 Å². The topological polar surface area (TPSA) is 48.0 Å². The van der Waals surface area contributed by atoms with E-state index in [0.29, 0.717) is 47.1 Å². The van der Waals surface area contributed by atoms with E-state index in [4.69, 9.17) is 26.4 Å². The Hall–Kier alpha value is -2.77. The van der Waals surface area contributed by atoms with Gasteiger partial charge in [-0.2, -0.15) is 0 Å². The molecule has 0 unspecified atom stereocenters. The quantitative estimate of drug-likeness (QED) is 0.198. The largest absolute Gasteiger partial charge is 0.493 e. The van der Waals surface area contributed by atoms with Crippen LogP contribution >= 0.6 is 24.0 Å². The monoisotopic (exact) mass is 455 g/mol. The van der Waals surface area contributed by atoms with Gasteiger partial charge in [-0.15, -0.1) is 6.58 Å². The van der Waals surface area contributed by atoms with Crippen molar-refractivity contribution in [2.45, 2.75) is 13.3 Å². The molecule has 0 N–H and O–H groups in total. The van der Waals surface area contributed by atoms with E-state index in [1.165, 1.54) is 16.7 Å². The molecule has 3 rings (SSSR count). The molecule has 0 aliphatic carbocycles. The Bertz CT molecular complexity index is 959. The highest BCUT2D eigenvalue weighted by atomic mass is 32.2. The van der Waals surface area contributed by atoms with Gasteiger partial charge in [-0.1, -0.05) is 54.3 Å². The molecule has 0 spiro atoms. The summed E-state index contributed by atoms with van der Waals surface area (Å²) in [6.07, 6.45) is 4.23. The maximum absolute atomic E-state index is 12.5. The molecule has 31 heavy (non-hydrogen) atoms. The molecule has 1 aliphatic rings. The standard InChI is InChI=1S/C24H25NO4S2/c1-3-13-25-23(26)22(31-24(25)30)17-18-11-12-20(21(16-18)27-4-2)29-15-8-14-28-19-9-6-5-7-10-19/h3,5-7,9-12,16-17H,1,4,8,13-15H2,2H3/b22-17+. The highest BCUT2D eigenvalue weighted by Crippen LogP contribution is 2.34. The van der Waals surface area contributed by atoms with Crippen molar-refractivity contribution < 1.29 is 19.0 Å². The Morgan fingerprint density at radius 3 is 2.58 bits per heavy atom. The molecular weight excluding hydrogens is 430 g/mol. The minimum absolute atomic E-state index is 0.105. The van der Waals surface area contributed by atoms with E-state index in [0.717, 1.165) is 17.7 Å². The van der Waals surface area contributed by atoms with Gasteiger partial charge >= 0.3 is 0 Å². The zero-order valence-corrected chi connectivity index (χ0v) is 19.0. The summed E-state index contributed by atoms with van der Waals surface area (Å²) in [6.45, 7) is 7.59. The van der Waals surface area contributed by atoms with E-state index in [-0.39, 0.29) is 5.91 Å². The van der Waals surface area contributed by atoms with Gasteiger partial charge < -0.3 is 14.2 Å². The number of benzene rings is 2. The first-order valence-electron chi connectivity index (χ1n) is 10.1. The molecule has 0 saturated carbocycles. The number of hydrogen-bond donors (Lipinski definition) is 0. The molecule has 0 atom stereocenters. The lowest BCUT2D eigenvalue weighted by molar-refractivity contribution is -0.121. The summed E-state index contributed by atoms with van der Waals surface area (Å²) >= 11 is 6.58. The maximum atomic E-state index is 12.5. The zero-order valence-electron chi connectivity index (χ0n) is 17.4. The smallest absolute Gasteiger partial charge is 0.266 e. The first kappa shape index (κ1) is 22.9. The number of thiocarbonyl (C=S) groups is 1. The molecule has 1 amide bonds. The maximum Gasteiger partial charge on any atom is 0.266 e. The van der Waals surface area contributed by atoms with Crippen LogP contribution in [0.3, 0.4) is 0 Å². The van der Waals surface area contributed by atoms with Crippen molar-refractivity contribution in [3.05, 3.63) is 71.7 Å². The number of rotatable bonds is 11. The molecule has 0 bridgehead atoms. The highest BCUT2D eigenvalue weighted by molar-refractivity contribution is 8.26. The second-order valence-electron chi connectivity index (χ2n) is 6.58. The molecule has 2 aromatic carbocycles. The van der Waals surface area contributed by atoms with Crippen LogP contribution in [0.2, 0.25) is 0 Å². The van der Waals surface area contributed by atoms with Gasteiger partial charge in [0.1, 0.15) is 10.1 Å². The number of ether oxygens (including phenoxy) is 3. The summed E-state index contributed by atoms with van der Waals surface area (Å²) in [5, 5.41) is 0. The van der Waals surface area contributed by atoms with Gasteiger partial charge in [-0.25, -0.2) is 0 Å². The third-order valence-electron chi connectivity index (χ3n) is 4.31. The van der Waals surface area contributed by atoms with Gasteiger partial charge in [0.25, 0.3) is 5.91 Å². The van der Waals surface area contributed by atoms with E-state index >= 15 is 0 Å². The van der Waals surface area contributed by atoms with Crippen molar-refractivity contribution in [2.24, 2.45) is 0 Å². The van der Waals surface area contributed by atoms with Gasteiger partial charge in [0.05, 0.1) is 24.7 Å². The molecular formula is C24H25NO4S2. The second-order valence-corrected chi connectivity index (χ2v) is 8.26. The van der Waals surface area contributed by atoms with Crippen molar-refractivity contribution in [1.82, 2.24) is 4.90 Å². The first-order chi connectivity index (χ1) is 15.1. The number of para-hydroxylation sites is 1. The Morgan fingerprint density at radius 1 is 1.06 bits per heavy atom. The first-order valence-corrected chi connectivity index (χ1v) is 11.3. The molecule has 1 saturated heterocycles. The van der Waals surface area contributed by atoms with Gasteiger partial charge in [0.15, 0.2) is 11.5 Å². The Morgan fingerprint density at radius 2 is 1.84 bits per heavy atom. The number of carbonyl (C=O) groups is 1. The van der Waals surface area contributed by atoms with E-state index < -0.39 is 0 Å². The lowest BCUT2D eigenvalue weighted by atomic mass is 10.2. The molecule has 2 aromatic rings. The average Bonchev–Trinajstić information content (AvgIpc) is 3.03.